The van der Waals surface area contributed by atoms with Crippen LogP contribution in [0.3, 0.4) is 0 Å². The van der Waals surface area contributed by atoms with Gasteiger partial charge in [0, 0.05) is 20.5 Å². The number of esters is 1. The molecule has 138 valence electrons. The van der Waals surface area contributed by atoms with E-state index in [0.717, 1.165) is 19.5 Å². The fraction of sp³-hybridized carbons (Fsp3) is 0.400. The van der Waals surface area contributed by atoms with Crippen LogP contribution < -0.4 is 5.32 Å². The fourth-order valence-corrected chi connectivity index (χ4v) is 3.25. The standard InChI is InChI=1S/C15H20ClN3O5S/c1-5-6-13(20)18-11-7-10(15(21)24-4)8-12(14(11)16)25(22,23)17-9-19(2)3/h7-9H,5-6H2,1-4H3,(H,18,20)/b17-9+. The summed E-state index contributed by atoms with van der Waals surface area (Å²) in [6, 6.07) is 2.32. The number of sulfonamides is 1. The van der Waals surface area contributed by atoms with E-state index in [4.69, 9.17) is 11.6 Å². The largest absolute Gasteiger partial charge is 0.465 e. The molecule has 10 heteroatoms. The maximum Gasteiger partial charge on any atom is 0.337 e. The number of amides is 1. The van der Waals surface area contributed by atoms with Gasteiger partial charge in [-0.3, -0.25) is 4.79 Å². The van der Waals surface area contributed by atoms with E-state index in [1.54, 1.807) is 14.1 Å². The quantitative estimate of drug-likeness (QED) is 0.435. The SMILES string of the molecule is CCCC(=O)Nc1cc(C(=O)OC)cc(S(=O)(=O)/N=C/N(C)C)c1Cl. The first-order valence-corrected chi connectivity index (χ1v) is 9.12. The number of ether oxygens (including phenoxy) is 1. The molecule has 0 saturated heterocycles. The minimum atomic E-state index is -4.18. The summed E-state index contributed by atoms with van der Waals surface area (Å²) < 4.78 is 32.9. The lowest BCUT2D eigenvalue weighted by Gasteiger charge is -2.12. The lowest BCUT2D eigenvalue weighted by molar-refractivity contribution is -0.116. The summed E-state index contributed by atoms with van der Waals surface area (Å²) in [6.45, 7) is 1.82. The number of rotatable bonds is 7. The molecule has 0 aromatic heterocycles. The van der Waals surface area contributed by atoms with Crippen molar-refractivity contribution >= 4 is 45.5 Å². The van der Waals surface area contributed by atoms with Crippen molar-refractivity contribution in [1.82, 2.24) is 4.90 Å². The zero-order valence-electron chi connectivity index (χ0n) is 14.4. The molecule has 0 spiro atoms. The van der Waals surface area contributed by atoms with E-state index in [9.17, 15) is 18.0 Å². The number of benzene rings is 1. The second-order valence-corrected chi connectivity index (χ2v) is 7.26. The smallest absolute Gasteiger partial charge is 0.337 e. The van der Waals surface area contributed by atoms with Crippen LogP contribution in [0.2, 0.25) is 5.02 Å². The van der Waals surface area contributed by atoms with Gasteiger partial charge in [0.15, 0.2) is 0 Å². The van der Waals surface area contributed by atoms with Crippen molar-refractivity contribution in [3.8, 4) is 0 Å². The Bertz CT molecular complexity index is 791. The van der Waals surface area contributed by atoms with Crippen LogP contribution >= 0.6 is 11.6 Å². The molecule has 0 bridgehead atoms. The van der Waals surface area contributed by atoms with Gasteiger partial charge in [-0.2, -0.15) is 8.42 Å². The maximum atomic E-state index is 12.4. The number of carbonyl (C=O) groups excluding carboxylic acids is 2. The number of hydrogen-bond donors (Lipinski definition) is 1. The lowest BCUT2D eigenvalue weighted by atomic mass is 10.2. The molecular formula is C15H20ClN3O5S. The number of nitrogens with zero attached hydrogens (tertiary/aromatic N) is 2. The zero-order chi connectivity index (χ0) is 19.2. The van der Waals surface area contributed by atoms with Gasteiger partial charge in [-0.25, -0.2) is 4.79 Å². The molecule has 0 atom stereocenters. The molecule has 1 rings (SSSR count). The molecule has 1 aromatic rings. The summed E-state index contributed by atoms with van der Waals surface area (Å²) in [4.78, 5) is 24.7. The highest BCUT2D eigenvalue weighted by atomic mass is 35.5. The van der Waals surface area contributed by atoms with Gasteiger partial charge < -0.3 is 15.0 Å². The van der Waals surface area contributed by atoms with Gasteiger partial charge in [-0.15, -0.1) is 4.40 Å². The number of carbonyl (C=O) groups is 2. The normalized spacial score (nSPS) is 11.4. The number of anilines is 1. The first-order chi connectivity index (χ1) is 11.6. The molecule has 0 aliphatic rings. The van der Waals surface area contributed by atoms with E-state index in [1.807, 2.05) is 6.92 Å². The summed E-state index contributed by atoms with van der Waals surface area (Å²) >= 11 is 6.14. The summed E-state index contributed by atoms with van der Waals surface area (Å²) in [7, 11) is 0.172. The third-order valence-electron chi connectivity index (χ3n) is 2.91. The van der Waals surface area contributed by atoms with E-state index < -0.39 is 20.9 Å². The molecular weight excluding hydrogens is 370 g/mol. The van der Waals surface area contributed by atoms with Gasteiger partial charge in [0.05, 0.1) is 23.4 Å². The highest BCUT2D eigenvalue weighted by Crippen LogP contribution is 2.32. The average Bonchev–Trinajstić information content (AvgIpc) is 2.54. The van der Waals surface area contributed by atoms with Crippen LogP contribution in [0.15, 0.2) is 21.4 Å². The topological polar surface area (TPSA) is 105 Å². The molecule has 8 nitrogen and oxygen atoms in total. The van der Waals surface area contributed by atoms with E-state index in [1.165, 1.54) is 11.0 Å². The van der Waals surface area contributed by atoms with Crippen molar-refractivity contribution in [2.45, 2.75) is 24.7 Å². The van der Waals surface area contributed by atoms with Crippen LogP contribution in [0.25, 0.3) is 0 Å². The van der Waals surface area contributed by atoms with Crippen LogP contribution in [-0.2, 0) is 19.6 Å². The Morgan fingerprint density at radius 2 is 2.00 bits per heavy atom. The average molecular weight is 390 g/mol. The van der Waals surface area contributed by atoms with E-state index in [-0.39, 0.29) is 28.6 Å². The number of methoxy groups -OCH3 is 1. The summed E-state index contributed by atoms with van der Waals surface area (Å²) in [5, 5.41) is 2.27. The van der Waals surface area contributed by atoms with Crippen LogP contribution in [-0.4, -0.2) is 52.7 Å². The maximum absolute atomic E-state index is 12.4. The molecule has 1 aromatic carbocycles. The number of hydrogen-bond acceptors (Lipinski definition) is 5. The van der Waals surface area contributed by atoms with Gasteiger partial charge >= 0.3 is 5.97 Å². The fourth-order valence-electron chi connectivity index (χ4n) is 1.77. The van der Waals surface area contributed by atoms with Gasteiger partial charge in [-0.05, 0) is 18.6 Å². The van der Waals surface area contributed by atoms with Crippen LogP contribution in [0.4, 0.5) is 5.69 Å². The molecule has 0 radical (unpaired) electrons. The first-order valence-electron chi connectivity index (χ1n) is 7.31. The monoisotopic (exact) mass is 389 g/mol. The Morgan fingerprint density at radius 1 is 1.36 bits per heavy atom. The van der Waals surface area contributed by atoms with Gasteiger partial charge in [0.2, 0.25) is 5.91 Å². The number of nitrogens with one attached hydrogen (secondary N) is 1. The van der Waals surface area contributed by atoms with E-state index in [0.29, 0.717) is 6.42 Å². The summed E-state index contributed by atoms with van der Waals surface area (Å²) in [5.74, 6) is -1.12. The lowest BCUT2D eigenvalue weighted by Crippen LogP contribution is -2.14. The van der Waals surface area contributed by atoms with Gasteiger partial charge in [0.25, 0.3) is 10.0 Å². The summed E-state index contributed by atoms with van der Waals surface area (Å²) in [6.07, 6.45) is 1.91. The van der Waals surface area contributed by atoms with Crippen LogP contribution in [0.1, 0.15) is 30.1 Å². The zero-order valence-corrected chi connectivity index (χ0v) is 15.9. The van der Waals surface area contributed by atoms with Crippen LogP contribution in [0, 0.1) is 0 Å². The van der Waals surface area contributed by atoms with E-state index in [2.05, 4.69) is 14.5 Å². The Labute approximate surface area is 151 Å². The third-order valence-corrected chi connectivity index (χ3v) is 4.68. The summed E-state index contributed by atoms with van der Waals surface area (Å²) in [5.41, 5.74) is -0.0704. The van der Waals surface area contributed by atoms with E-state index >= 15 is 0 Å². The van der Waals surface area contributed by atoms with Crippen molar-refractivity contribution in [3.05, 3.63) is 22.7 Å². The highest BCUT2D eigenvalue weighted by Gasteiger charge is 2.23. The predicted octanol–water partition coefficient (Wildman–Crippen LogP) is 2.14. The Morgan fingerprint density at radius 3 is 2.52 bits per heavy atom. The molecule has 1 N–H and O–H groups in total. The molecule has 0 unspecified atom stereocenters. The van der Waals surface area contributed by atoms with Crippen molar-refractivity contribution in [2.24, 2.45) is 4.40 Å². The molecule has 1 amide bonds. The second-order valence-electron chi connectivity index (χ2n) is 5.29. The minimum Gasteiger partial charge on any atom is -0.465 e. The molecule has 0 aliphatic carbocycles. The Hall–Kier alpha value is -2.13. The number of halogens is 1. The molecule has 0 fully saturated rings. The van der Waals surface area contributed by atoms with Gasteiger partial charge in [0.1, 0.15) is 11.2 Å². The molecule has 0 heterocycles. The molecule has 25 heavy (non-hydrogen) atoms. The second kappa shape index (κ2) is 8.82. The highest BCUT2D eigenvalue weighted by molar-refractivity contribution is 7.90. The van der Waals surface area contributed by atoms with Crippen molar-refractivity contribution in [1.29, 1.82) is 0 Å². The van der Waals surface area contributed by atoms with Crippen LogP contribution in [0.5, 0.6) is 0 Å². The third kappa shape index (κ3) is 5.71. The first kappa shape index (κ1) is 20.9. The molecule has 0 saturated carbocycles. The minimum absolute atomic E-state index is 0.00152. The van der Waals surface area contributed by atoms with Gasteiger partial charge in [-0.1, -0.05) is 18.5 Å². The predicted molar refractivity (Wildman–Crippen MR) is 95.7 cm³/mol. The Balaban J connectivity index is 3.50. The van der Waals surface area contributed by atoms with Crippen molar-refractivity contribution < 1.29 is 22.7 Å². The molecule has 0 aliphatic heterocycles. The Kier molecular flexibility index (Phi) is 7.38. The van der Waals surface area contributed by atoms with Crippen molar-refractivity contribution in [3.63, 3.8) is 0 Å². The van der Waals surface area contributed by atoms with Crippen molar-refractivity contribution in [2.75, 3.05) is 26.5 Å².